The van der Waals surface area contributed by atoms with E-state index in [1.165, 1.54) is 4.57 Å². The van der Waals surface area contributed by atoms with Crippen LogP contribution in [-0.2, 0) is 24.7 Å². The molecule has 0 saturated carbocycles. The first-order valence-electron chi connectivity index (χ1n) is 24.1. The molecule has 1 aliphatic heterocycles. The summed E-state index contributed by atoms with van der Waals surface area (Å²) in [6.07, 6.45) is 0.0978. The zero-order chi connectivity index (χ0) is 50.5. The number of ether oxygens (including phenoxy) is 1. The Labute approximate surface area is 424 Å². The van der Waals surface area contributed by atoms with E-state index in [-0.39, 0.29) is 41.0 Å². The van der Waals surface area contributed by atoms with Gasteiger partial charge in [0.05, 0.1) is 35.3 Å². The lowest BCUT2D eigenvalue weighted by atomic mass is 9.75. The first-order chi connectivity index (χ1) is 34.7. The number of nitrogens with zero attached hydrogens (tertiary/aromatic N) is 4. The molecule has 0 bridgehead atoms. The average Bonchev–Trinajstić information content (AvgIpc) is 3.39. The zero-order valence-corrected chi connectivity index (χ0v) is 43.1. The van der Waals surface area contributed by atoms with Crippen molar-refractivity contribution in [2.75, 3.05) is 51.0 Å². The molecule has 0 aliphatic carbocycles. The van der Waals surface area contributed by atoms with Crippen LogP contribution in [0.1, 0.15) is 49.3 Å². The number of anilines is 2. The highest BCUT2D eigenvalue weighted by Crippen LogP contribution is 2.45. The maximum Gasteiger partial charge on any atom is 0.351 e. The zero-order valence-electron chi connectivity index (χ0n) is 41.3. The SMILES string of the molecule is CN(C)c1cccc2c(S(=O)(=O)NCC#Cc3cn([C@H]4CN(C(c5ccccc5)(c5ccccc5)c5ccccc5)C[C@@H](CO[Si](c5ccccc5)(c5ccccc5)C(C)(C)C)O4)c(=O)nc3N)cccc12. The molecule has 0 unspecified atom stereocenters. The van der Waals surface area contributed by atoms with Gasteiger partial charge in [-0.2, -0.15) is 9.71 Å². The number of benzene rings is 7. The van der Waals surface area contributed by atoms with E-state index in [0.717, 1.165) is 38.1 Å². The van der Waals surface area contributed by atoms with Crippen LogP contribution in [0.2, 0.25) is 5.04 Å². The topological polar surface area (TPSA) is 132 Å². The van der Waals surface area contributed by atoms with Crippen molar-refractivity contribution in [1.29, 1.82) is 0 Å². The Hall–Kier alpha value is -7.15. The third kappa shape index (κ3) is 9.65. The first-order valence-corrected chi connectivity index (χ1v) is 27.5. The van der Waals surface area contributed by atoms with Crippen molar-refractivity contribution in [3.8, 4) is 11.8 Å². The number of hydrogen-bond donors (Lipinski definition) is 2. The highest BCUT2D eigenvalue weighted by Gasteiger charge is 2.52. The Kier molecular flexibility index (Phi) is 14.5. The molecule has 72 heavy (non-hydrogen) atoms. The van der Waals surface area contributed by atoms with Crippen LogP contribution in [0.5, 0.6) is 0 Å². The number of nitrogen functional groups attached to an aromatic ring is 1. The molecule has 1 fully saturated rings. The summed E-state index contributed by atoms with van der Waals surface area (Å²) in [5.74, 6) is 5.87. The fourth-order valence-corrected chi connectivity index (χ4v) is 16.2. The van der Waals surface area contributed by atoms with Crippen LogP contribution in [0.15, 0.2) is 204 Å². The van der Waals surface area contributed by atoms with E-state index >= 15 is 0 Å². The van der Waals surface area contributed by atoms with Gasteiger partial charge in [0.2, 0.25) is 10.0 Å². The number of sulfonamides is 1. The quantitative estimate of drug-likeness (QED) is 0.0630. The van der Waals surface area contributed by atoms with Gasteiger partial charge in [-0.05, 0) is 44.2 Å². The molecule has 1 saturated heterocycles. The van der Waals surface area contributed by atoms with Gasteiger partial charge in [-0.15, -0.1) is 0 Å². The molecule has 3 N–H and O–H groups in total. The Bertz CT molecular complexity index is 3250. The summed E-state index contributed by atoms with van der Waals surface area (Å²) in [7, 11) is -3.21. The molecule has 7 aromatic carbocycles. The molecule has 2 atom stereocenters. The van der Waals surface area contributed by atoms with Crippen LogP contribution in [0.25, 0.3) is 10.8 Å². The summed E-state index contributed by atoms with van der Waals surface area (Å²) >= 11 is 0. The van der Waals surface area contributed by atoms with Gasteiger partial charge in [-0.3, -0.25) is 9.47 Å². The largest absolute Gasteiger partial charge is 0.405 e. The van der Waals surface area contributed by atoms with Gasteiger partial charge in [0.15, 0.2) is 6.23 Å². The molecule has 9 rings (SSSR count). The third-order valence-corrected chi connectivity index (χ3v) is 20.1. The fourth-order valence-electron chi connectivity index (χ4n) is 10.4. The second-order valence-corrected chi connectivity index (χ2v) is 25.3. The van der Waals surface area contributed by atoms with Gasteiger partial charge < -0.3 is 19.8 Å². The van der Waals surface area contributed by atoms with Crippen molar-refractivity contribution < 1.29 is 17.6 Å². The average molecular weight is 993 g/mol. The molecule has 0 spiro atoms. The smallest absolute Gasteiger partial charge is 0.351 e. The number of rotatable bonds is 14. The summed E-state index contributed by atoms with van der Waals surface area (Å²) in [4.78, 5) is 23.1. The van der Waals surface area contributed by atoms with Crippen molar-refractivity contribution in [3.63, 3.8) is 0 Å². The van der Waals surface area contributed by atoms with E-state index < -0.39 is 41.9 Å². The molecule has 8 aromatic rings. The van der Waals surface area contributed by atoms with Crippen molar-refractivity contribution in [1.82, 2.24) is 19.2 Å². The predicted octanol–water partition coefficient (Wildman–Crippen LogP) is 8.14. The van der Waals surface area contributed by atoms with E-state index in [0.29, 0.717) is 11.9 Å². The Balaban J connectivity index is 1.12. The third-order valence-electron chi connectivity index (χ3n) is 13.6. The Morgan fingerprint density at radius 3 is 1.76 bits per heavy atom. The number of morpholine rings is 1. The Morgan fingerprint density at radius 1 is 0.722 bits per heavy atom. The summed E-state index contributed by atoms with van der Waals surface area (Å²) in [6.45, 7) is 7.38. The molecule has 13 heteroatoms. The standard InChI is InChI=1S/C59H60N6O5SSi/c1-58(2,3)72(49-31-17-9-18-32-49,50-33-19-10-20-34-50)69-43-48-41-64(59(45-25-11-6-12-26-45,46-27-13-7-14-28-46)47-29-15-8-16-30-47)42-55(70-48)65-40-44(56(60)62-57(65)66)24-23-39-61-71(67,68)54-38-22-35-51-52(54)36-21-37-53(51)63(4)5/h6-22,25-38,40,48,55,61H,39,41-43H2,1-5H3,(H2,60,62,66)/t48-,55+/m0/s1. The molecule has 0 radical (unpaired) electrons. The van der Waals surface area contributed by atoms with Crippen LogP contribution in [-0.4, -0.2) is 77.6 Å². The van der Waals surface area contributed by atoms with Crippen molar-refractivity contribution in [3.05, 3.63) is 227 Å². The highest BCUT2D eigenvalue weighted by atomic mass is 32.2. The molecular weight excluding hydrogens is 933 g/mol. The van der Waals surface area contributed by atoms with Crippen LogP contribution < -0.4 is 31.4 Å². The second-order valence-electron chi connectivity index (χ2n) is 19.3. The van der Waals surface area contributed by atoms with Gasteiger partial charge in [-0.1, -0.05) is 209 Å². The summed E-state index contributed by atoms with van der Waals surface area (Å²) < 4.78 is 46.4. The molecule has 2 heterocycles. The lowest BCUT2D eigenvalue weighted by Gasteiger charge is -2.51. The summed E-state index contributed by atoms with van der Waals surface area (Å²) in [5, 5.41) is 3.37. The maximum atomic E-state index is 14.3. The van der Waals surface area contributed by atoms with E-state index in [2.05, 4.69) is 169 Å². The Morgan fingerprint density at radius 2 is 1.24 bits per heavy atom. The molecule has 0 amide bonds. The van der Waals surface area contributed by atoms with E-state index in [9.17, 15) is 13.2 Å². The van der Waals surface area contributed by atoms with Gasteiger partial charge in [0.25, 0.3) is 8.32 Å². The number of fused-ring (bicyclic) bond motifs is 1. The molecule has 1 aromatic heterocycles. The van der Waals surface area contributed by atoms with Gasteiger partial charge in [0.1, 0.15) is 5.82 Å². The van der Waals surface area contributed by atoms with Crippen molar-refractivity contribution in [2.24, 2.45) is 0 Å². The normalized spacial score (nSPS) is 15.7. The molecule has 366 valence electrons. The van der Waals surface area contributed by atoms with Gasteiger partial charge >= 0.3 is 5.69 Å². The fraction of sp³-hybridized carbons (Fsp3) is 0.220. The lowest BCUT2D eigenvalue weighted by Crippen LogP contribution is -2.67. The molecular formula is C59H60N6O5SSi. The minimum atomic E-state index is -3.99. The monoisotopic (exact) mass is 992 g/mol. The number of nitrogens with one attached hydrogen (secondary N) is 1. The van der Waals surface area contributed by atoms with Crippen molar-refractivity contribution in [2.45, 2.75) is 48.6 Å². The maximum absolute atomic E-state index is 14.3. The van der Waals surface area contributed by atoms with Crippen LogP contribution >= 0.6 is 0 Å². The predicted molar refractivity (Wildman–Crippen MR) is 292 cm³/mol. The molecule has 11 nitrogen and oxygen atoms in total. The van der Waals surface area contributed by atoms with E-state index in [4.69, 9.17) is 14.9 Å². The van der Waals surface area contributed by atoms with Crippen molar-refractivity contribution >= 4 is 51.0 Å². The van der Waals surface area contributed by atoms with Crippen LogP contribution in [0.4, 0.5) is 11.5 Å². The minimum absolute atomic E-state index is 0.0803. The van der Waals surface area contributed by atoms with E-state index in [1.807, 2.05) is 67.5 Å². The molecule has 1 aliphatic rings. The minimum Gasteiger partial charge on any atom is -0.405 e. The number of aromatic nitrogens is 2. The van der Waals surface area contributed by atoms with Crippen LogP contribution in [0, 0.1) is 11.8 Å². The number of hydrogen-bond acceptors (Lipinski definition) is 9. The van der Waals surface area contributed by atoms with E-state index in [1.54, 1.807) is 24.4 Å². The number of nitrogens with two attached hydrogens (primary N) is 1. The second kappa shape index (κ2) is 20.9. The summed E-state index contributed by atoms with van der Waals surface area (Å²) in [5.41, 5.74) is 9.21. The lowest BCUT2D eigenvalue weighted by molar-refractivity contribution is -0.149. The van der Waals surface area contributed by atoms with Gasteiger partial charge in [-0.25, -0.2) is 13.2 Å². The summed E-state index contributed by atoms with van der Waals surface area (Å²) in [6, 6.07) is 63.1. The highest BCUT2D eigenvalue weighted by molar-refractivity contribution is 7.89. The van der Waals surface area contributed by atoms with Crippen LogP contribution in [0.3, 0.4) is 0 Å². The first kappa shape index (κ1) is 49.8. The van der Waals surface area contributed by atoms with Gasteiger partial charge in [0, 0.05) is 49.8 Å².